The van der Waals surface area contributed by atoms with Gasteiger partial charge in [0.15, 0.2) is 9.84 Å². The zero-order valence-electron chi connectivity index (χ0n) is 17.6. The molecule has 0 saturated heterocycles. The van der Waals surface area contributed by atoms with Gasteiger partial charge in [-0.3, -0.25) is 9.59 Å². The minimum atomic E-state index is -3.69. The third-order valence-electron chi connectivity index (χ3n) is 5.82. The third kappa shape index (κ3) is 4.44. The molecule has 1 atom stereocenters. The van der Waals surface area contributed by atoms with Crippen LogP contribution in [0.5, 0.6) is 5.75 Å². The second-order valence-corrected chi connectivity index (χ2v) is 10.5. The van der Waals surface area contributed by atoms with Crippen molar-refractivity contribution in [1.82, 2.24) is 0 Å². The van der Waals surface area contributed by atoms with Gasteiger partial charge in [-0.05, 0) is 62.1 Å². The number of anilines is 2. The number of sulfone groups is 1. The number of fused-ring (bicyclic) bond motifs is 1. The van der Waals surface area contributed by atoms with Crippen molar-refractivity contribution in [2.75, 3.05) is 23.9 Å². The Labute approximate surface area is 182 Å². The molecule has 1 heterocycles. The van der Waals surface area contributed by atoms with Gasteiger partial charge >= 0.3 is 0 Å². The maximum atomic E-state index is 13.1. The number of carbonyl (C=O) groups excluding carboxylic acids is 2. The van der Waals surface area contributed by atoms with E-state index >= 15 is 0 Å². The summed E-state index contributed by atoms with van der Waals surface area (Å²) in [4.78, 5) is 26.8. The summed E-state index contributed by atoms with van der Waals surface area (Å²) in [6, 6.07) is 11.8. The van der Waals surface area contributed by atoms with Crippen molar-refractivity contribution < 1.29 is 22.7 Å². The average molecular weight is 443 g/mol. The molecular weight excluding hydrogens is 416 g/mol. The first kappa shape index (κ1) is 21.4. The highest BCUT2D eigenvalue weighted by Crippen LogP contribution is 2.37. The van der Waals surface area contributed by atoms with E-state index in [0.29, 0.717) is 24.4 Å². The zero-order valence-corrected chi connectivity index (χ0v) is 18.4. The summed E-state index contributed by atoms with van der Waals surface area (Å²) in [5, 5.41) is 1.83. The fraction of sp³-hybridized carbons (Fsp3) is 0.391. The summed E-state index contributed by atoms with van der Waals surface area (Å²) in [5.74, 6) is 0.479. The van der Waals surface area contributed by atoms with Gasteiger partial charge in [0.1, 0.15) is 5.75 Å². The molecule has 0 spiro atoms. The number of amides is 2. The van der Waals surface area contributed by atoms with E-state index < -0.39 is 15.1 Å². The minimum Gasteiger partial charge on any atom is -0.497 e. The number of hydrogen-bond donors (Lipinski definition) is 1. The molecule has 0 bridgehead atoms. The van der Waals surface area contributed by atoms with E-state index in [2.05, 4.69) is 5.32 Å². The average Bonchev–Trinajstić information content (AvgIpc) is 3.52. The zero-order chi connectivity index (χ0) is 22.2. The molecule has 4 rings (SSSR count). The van der Waals surface area contributed by atoms with Crippen LogP contribution in [0.15, 0.2) is 47.4 Å². The summed E-state index contributed by atoms with van der Waals surface area (Å²) >= 11 is 0. The summed E-state index contributed by atoms with van der Waals surface area (Å²) in [6.07, 6.45) is 2.35. The van der Waals surface area contributed by atoms with Gasteiger partial charge in [0, 0.05) is 36.3 Å². The molecule has 2 aromatic carbocycles. The maximum Gasteiger partial charge on any atom is 0.230 e. The molecule has 7 nitrogen and oxygen atoms in total. The standard InChI is InChI=1S/C23H26N2O5S/c1-15(12-22(26)24-18-4-3-5-19(14-18)30-2)31(28,29)20-8-9-21-17(13-20)10-11-25(21)23(27)16-6-7-16/h3-5,8-9,13-16H,6-7,10-12H2,1-2H3,(H,24,26)/t15-/m0/s1. The minimum absolute atomic E-state index is 0.123. The van der Waals surface area contributed by atoms with Crippen LogP contribution in [0.4, 0.5) is 11.4 Å². The van der Waals surface area contributed by atoms with Gasteiger partial charge in [0.05, 0.1) is 17.3 Å². The van der Waals surface area contributed by atoms with E-state index in [1.807, 2.05) is 0 Å². The number of hydrogen-bond acceptors (Lipinski definition) is 5. The Bertz CT molecular complexity index is 1120. The number of rotatable bonds is 7. The van der Waals surface area contributed by atoms with Crippen LogP contribution in [-0.2, 0) is 25.8 Å². The van der Waals surface area contributed by atoms with Crippen LogP contribution < -0.4 is 15.0 Å². The monoisotopic (exact) mass is 442 g/mol. The van der Waals surface area contributed by atoms with Crippen LogP contribution >= 0.6 is 0 Å². The van der Waals surface area contributed by atoms with Gasteiger partial charge in [0.2, 0.25) is 11.8 Å². The first-order valence-electron chi connectivity index (χ1n) is 10.4. The molecule has 0 aromatic heterocycles. The van der Waals surface area contributed by atoms with Crippen molar-refractivity contribution >= 4 is 33.0 Å². The number of methoxy groups -OCH3 is 1. The fourth-order valence-corrected chi connectivity index (χ4v) is 5.25. The summed E-state index contributed by atoms with van der Waals surface area (Å²) in [6.45, 7) is 2.13. The summed E-state index contributed by atoms with van der Waals surface area (Å²) in [5.41, 5.74) is 2.22. The van der Waals surface area contributed by atoms with Crippen LogP contribution in [0.3, 0.4) is 0 Å². The van der Waals surface area contributed by atoms with Crippen LogP contribution in [0.1, 0.15) is 31.7 Å². The lowest BCUT2D eigenvalue weighted by atomic mass is 10.2. The highest BCUT2D eigenvalue weighted by Gasteiger charge is 2.37. The van der Waals surface area contributed by atoms with Crippen molar-refractivity contribution in [2.45, 2.75) is 42.8 Å². The van der Waals surface area contributed by atoms with Crippen molar-refractivity contribution in [2.24, 2.45) is 5.92 Å². The number of ether oxygens (including phenoxy) is 1. The van der Waals surface area contributed by atoms with Crippen LogP contribution in [0.25, 0.3) is 0 Å². The highest BCUT2D eigenvalue weighted by molar-refractivity contribution is 7.92. The molecule has 1 aliphatic heterocycles. The van der Waals surface area contributed by atoms with Crippen LogP contribution in [0.2, 0.25) is 0 Å². The molecular formula is C23H26N2O5S. The Kier molecular flexibility index (Phi) is 5.75. The first-order valence-corrected chi connectivity index (χ1v) is 12.0. The van der Waals surface area contributed by atoms with Crippen molar-refractivity contribution in [3.8, 4) is 5.75 Å². The van der Waals surface area contributed by atoms with Crippen molar-refractivity contribution in [3.05, 3.63) is 48.0 Å². The second-order valence-electron chi connectivity index (χ2n) is 8.14. The van der Waals surface area contributed by atoms with E-state index in [4.69, 9.17) is 4.74 Å². The van der Waals surface area contributed by atoms with Gasteiger partial charge < -0.3 is 15.0 Å². The molecule has 1 aliphatic carbocycles. The molecule has 1 N–H and O–H groups in total. The summed E-state index contributed by atoms with van der Waals surface area (Å²) in [7, 11) is -2.16. The van der Waals surface area contributed by atoms with Gasteiger partial charge in [0.25, 0.3) is 0 Å². The van der Waals surface area contributed by atoms with E-state index in [1.54, 1.807) is 47.4 Å². The molecule has 0 unspecified atom stereocenters. The molecule has 1 fully saturated rings. The number of nitrogens with one attached hydrogen (secondary N) is 1. The molecule has 0 radical (unpaired) electrons. The maximum absolute atomic E-state index is 13.1. The number of benzene rings is 2. The Hall–Kier alpha value is -2.87. The Balaban J connectivity index is 1.45. The van der Waals surface area contributed by atoms with Gasteiger partial charge in [-0.25, -0.2) is 8.42 Å². The molecule has 8 heteroatoms. The molecule has 2 amide bonds. The highest BCUT2D eigenvalue weighted by atomic mass is 32.2. The molecule has 164 valence electrons. The number of carbonyl (C=O) groups is 2. The Morgan fingerprint density at radius 3 is 2.68 bits per heavy atom. The van der Waals surface area contributed by atoms with Crippen molar-refractivity contribution in [1.29, 1.82) is 0 Å². The lowest BCUT2D eigenvalue weighted by molar-refractivity contribution is -0.119. The fourth-order valence-electron chi connectivity index (χ4n) is 3.85. The van der Waals surface area contributed by atoms with E-state index in [1.165, 1.54) is 14.0 Å². The van der Waals surface area contributed by atoms with E-state index in [0.717, 1.165) is 24.1 Å². The van der Waals surface area contributed by atoms with Gasteiger partial charge in [-0.15, -0.1) is 0 Å². The van der Waals surface area contributed by atoms with Gasteiger partial charge in [-0.2, -0.15) is 0 Å². The lowest BCUT2D eigenvalue weighted by Crippen LogP contribution is -2.30. The number of nitrogens with zero attached hydrogens (tertiary/aromatic N) is 1. The Morgan fingerprint density at radius 1 is 1.19 bits per heavy atom. The Morgan fingerprint density at radius 2 is 1.97 bits per heavy atom. The van der Waals surface area contributed by atoms with Crippen LogP contribution in [-0.4, -0.2) is 39.1 Å². The SMILES string of the molecule is COc1cccc(NC(=O)C[C@H](C)S(=O)(=O)c2ccc3c(c2)CCN3C(=O)C2CC2)c1. The summed E-state index contributed by atoms with van der Waals surface area (Å²) < 4.78 is 31.3. The third-order valence-corrected chi connectivity index (χ3v) is 7.96. The van der Waals surface area contributed by atoms with E-state index in [-0.39, 0.29) is 29.0 Å². The second kappa shape index (κ2) is 8.34. The molecule has 2 aromatic rings. The predicted molar refractivity (Wildman–Crippen MR) is 118 cm³/mol. The topological polar surface area (TPSA) is 92.8 Å². The normalized spacial score (nSPS) is 16.5. The lowest BCUT2D eigenvalue weighted by Gasteiger charge is -2.18. The van der Waals surface area contributed by atoms with E-state index in [9.17, 15) is 18.0 Å². The quantitative estimate of drug-likeness (QED) is 0.711. The van der Waals surface area contributed by atoms with Crippen LogP contribution in [0, 0.1) is 5.92 Å². The van der Waals surface area contributed by atoms with Gasteiger partial charge in [-0.1, -0.05) is 6.07 Å². The van der Waals surface area contributed by atoms with Crippen molar-refractivity contribution in [3.63, 3.8) is 0 Å². The first-order chi connectivity index (χ1) is 14.8. The molecule has 2 aliphatic rings. The molecule has 1 saturated carbocycles. The largest absolute Gasteiger partial charge is 0.497 e. The molecule has 31 heavy (non-hydrogen) atoms. The smallest absolute Gasteiger partial charge is 0.230 e. The predicted octanol–water partition coefficient (Wildman–Crippen LogP) is 3.19.